The topological polar surface area (TPSA) is 41.6 Å². The third kappa shape index (κ3) is 5.87. The Hall–Kier alpha value is -1.75. The van der Waals surface area contributed by atoms with Crippen molar-refractivity contribution in [1.29, 1.82) is 0 Å². The molecule has 0 saturated carbocycles. The number of rotatable bonds is 7. The Bertz CT molecular complexity index is 785. The normalized spacial score (nSPS) is 15.4. The number of amides is 1. The summed E-state index contributed by atoms with van der Waals surface area (Å²) in [4.78, 5) is 14.7. The second-order valence-corrected chi connectivity index (χ2v) is 8.02. The van der Waals surface area contributed by atoms with Crippen molar-refractivity contribution in [2.45, 2.75) is 26.3 Å². The molecule has 0 atom stereocenters. The van der Waals surface area contributed by atoms with Crippen LogP contribution in [0.2, 0.25) is 10.0 Å². The first-order valence-electron chi connectivity index (χ1n) is 9.65. The summed E-state index contributed by atoms with van der Waals surface area (Å²) in [6.45, 7) is 5.46. The molecule has 0 radical (unpaired) electrons. The molecule has 0 aliphatic carbocycles. The van der Waals surface area contributed by atoms with Gasteiger partial charge in [0.05, 0.1) is 6.54 Å². The monoisotopic (exact) mass is 420 g/mol. The maximum atomic E-state index is 12.4. The van der Waals surface area contributed by atoms with E-state index in [1.807, 2.05) is 49.4 Å². The predicted octanol–water partition coefficient (Wildman–Crippen LogP) is 4.71. The average molecular weight is 421 g/mol. The minimum absolute atomic E-state index is 0.0527. The van der Waals surface area contributed by atoms with Gasteiger partial charge in [-0.25, -0.2) is 0 Å². The number of benzene rings is 2. The van der Waals surface area contributed by atoms with Gasteiger partial charge >= 0.3 is 0 Å². The second-order valence-electron chi connectivity index (χ2n) is 7.21. The highest BCUT2D eigenvalue weighted by Gasteiger charge is 2.25. The summed E-state index contributed by atoms with van der Waals surface area (Å²) in [6, 6.07) is 13.5. The molecule has 2 aromatic rings. The zero-order chi connectivity index (χ0) is 19.9. The van der Waals surface area contributed by atoms with Crippen LogP contribution in [0, 0.1) is 12.8 Å². The summed E-state index contributed by atoms with van der Waals surface area (Å²) >= 11 is 12.5. The Morgan fingerprint density at radius 1 is 1.14 bits per heavy atom. The molecule has 4 nitrogen and oxygen atoms in total. The van der Waals surface area contributed by atoms with Gasteiger partial charge in [0.15, 0.2) is 0 Å². The summed E-state index contributed by atoms with van der Waals surface area (Å²) < 4.78 is 5.68. The molecule has 0 bridgehead atoms. The number of nitrogens with zero attached hydrogens (tertiary/aromatic N) is 1. The summed E-state index contributed by atoms with van der Waals surface area (Å²) in [5.74, 6) is 1.00. The molecule has 1 N–H and O–H groups in total. The zero-order valence-electron chi connectivity index (χ0n) is 16.1. The Morgan fingerprint density at radius 2 is 1.82 bits per heavy atom. The molecule has 0 aromatic heterocycles. The van der Waals surface area contributed by atoms with Gasteiger partial charge in [-0.1, -0.05) is 41.4 Å². The number of hydrogen-bond acceptors (Lipinski definition) is 3. The molecule has 1 heterocycles. The minimum atomic E-state index is 0.0527. The van der Waals surface area contributed by atoms with Crippen molar-refractivity contribution in [2.75, 3.05) is 26.2 Å². The van der Waals surface area contributed by atoms with Crippen molar-refractivity contribution in [3.8, 4) is 5.75 Å². The van der Waals surface area contributed by atoms with Crippen LogP contribution < -0.4 is 10.1 Å². The van der Waals surface area contributed by atoms with Gasteiger partial charge in [-0.2, -0.15) is 0 Å². The van der Waals surface area contributed by atoms with Gasteiger partial charge in [0.2, 0.25) is 5.91 Å². The van der Waals surface area contributed by atoms with E-state index in [0.29, 0.717) is 23.2 Å². The smallest absolute Gasteiger partial charge is 0.223 e. The SMILES string of the molecule is Cc1cccc(OCCNC(=O)C2CCN(Cc3c(Cl)cccc3Cl)CC2)c1. The van der Waals surface area contributed by atoms with Gasteiger partial charge in [0.1, 0.15) is 12.4 Å². The zero-order valence-corrected chi connectivity index (χ0v) is 17.6. The highest BCUT2D eigenvalue weighted by Crippen LogP contribution is 2.27. The van der Waals surface area contributed by atoms with Crippen LogP contribution in [0.4, 0.5) is 0 Å². The molecular weight excluding hydrogens is 395 g/mol. The van der Waals surface area contributed by atoms with Crippen molar-refractivity contribution in [3.05, 3.63) is 63.6 Å². The molecule has 1 fully saturated rings. The number of nitrogens with one attached hydrogen (secondary N) is 1. The molecule has 3 rings (SSSR count). The molecule has 28 heavy (non-hydrogen) atoms. The second kappa shape index (κ2) is 10.1. The van der Waals surface area contributed by atoms with Gasteiger partial charge in [-0.05, 0) is 62.7 Å². The maximum Gasteiger partial charge on any atom is 0.223 e. The lowest BCUT2D eigenvalue weighted by atomic mass is 9.95. The van der Waals surface area contributed by atoms with Gasteiger partial charge in [0.25, 0.3) is 0 Å². The van der Waals surface area contributed by atoms with E-state index >= 15 is 0 Å². The highest BCUT2D eigenvalue weighted by molar-refractivity contribution is 6.35. The number of carbonyl (C=O) groups excluding carboxylic acids is 1. The molecule has 1 aliphatic heterocycles. The minimum Gasteiger partial charge on any atom is -0.492 e. The lowest BCUT2D eigenvalue weighted by molar-refractivity contribution is -0.126. The van der Waals surface area contributed by atoms with Crippen LogP contribution >= 0.6 is 23.2 Å². The molecule has 150 valence electrons. The fourth-order valence-electron chi connectivity index (χ4n) is 3.45. The van der Waals surface area contributed by atoms with Crippen molar-refractivity contribution in [3.63, 3.8) is 0 Å². The molecule has 0 unspecified atom stereocenters. The van der Waals surface area contributed by atoms with Gasteiger partial charge in [0, 0.05) is 28.1 Å². The lowest BCUT2D eigenvalue weighted by Gasteiger charge is -2.31. The third-order valence-electron chi connectivity index (χ3n) is 5.06. The first-order chi connectivity index (χ1) is 13.5. The van der Waals surface area contributed by atoms with Crippen molar-refractivity contribution >= 4 is 29.1 Å². The van der Waals surface area contributed by atoms with Crippen molar-refractivity contribution in [1.82, 2.24) is 10.2 Å². The Morgan fingerprint density at radius 3 is 2.50 bits per heavy atom. The van der Waals surface area contributed by atoms with E-state index in [1.165, 1.54) is 0 Å². The fourth-order valence-corrected chi connectivity index (χ4v) is 3.97. The van der Waals surface area contributed by atoms with Crippen molar-refractivity contribution < 1.29 is 9.53 Å². The Balaban J connectivity index is 1.38. The maximum absolute atomic E-state index is 12.4. The molecule has 1 amide bonds. The number of ether oxygens (including phenoxy) is 1. The summed E-state index contributed by atoms with van der Waals surface area (Å²) in [6.07, 6.45) is 1.68. The summed E-state index contributed by atoms with van der Waals surface area (Å²) in [7, 11) is 0. The van der Waals surface area contributed by atoms with Gasteiger partial charge in [-0.3, -0.25) is 9.69 Å². The quantitative estimate of drug-likeness (QED) is 0.659. The van der Waals surface area contributed by atoms with Crippen LogP contribution in [-0.2, 0) is 11.3 Å². The molecule has 2 aromatic carbocycles. The van der Waals surface area contributed by atoms with E-state index in [4.69, 9.17) is 27.9 Å². The van der Waals surface area contributed by atoms with E-state index in [0.717, 1.165) is 49.4 Å². The lowest BCUT2D eigenvalue weighted by Crippen LogP contribution is -2.41. The molecule has 0 spiro atoms. The van der Waals surface area contributed by atoms with E-state index < -0.39 is 0 Å². The number of hydrogen-bond donors (Lipinski definition) is 1. The molecule has 6 heteroatoms. The number of halogens is 2. The van der Waals surface area contributed by atoms with Crippen LogP contribution in [0.25, 0.3) is 0 Å². The number of carbonyl (C=O) groups is 1. The first-order valence-corrected chi connectivity index (χ1v) is 10.4. The fraction of sp³-hybridized carbons (Fsp3) is 0.409. The molecule has 1 aliphatic rings. The van der Waals surface area contributed by atoms with Crippen LogP contribution in [-0.4, -0.2) is 37.0 Å². The standard InChI is InChI=1S/C22H26Cl2N2O2/c1-16-4-2-5-18(14-16)28-13-10-25-22(27)17-8-11-26(12-9-17)15-19-20(23)6-3-7-21(19)24/h2-7,14,17H,8-13,15H2,1H3,(H,25,27). The third-order valence-corrected chi connectivity index (χ3v) is 5.77. The number of likely N-dealkylation sites (tertiary alicyclic amines) is 1. The Kier molecular flexibility index (Phi) is 7.60. The predicted molar refractivity (Wildman–Crippen MR) is 114 cm³/mol. The van der Waals surface area contributed by atoms with Crippen LogP contribution in [0.5, 0.6) is 5.75 Å². The summed E-state index contributed by atoms with van der Waals surface area (Å²) in [5, 5.41) is 4.39. The molecular formula is C22H26Cl2N2O2. The Labute approximate surface area is 176 Å². The highest BCUT2D eigenvalue weighted by atomic mass is 35.5. The largest absolute Gasteiger partial charge is 0.492 e. The van der Waals surface area contributed by atoms with Gasteiger partial charge < -0.3 is 10.1 Å². The van der Waals surface area contributed by atoms with E-state index in [2.05, 4.69) is 10.2 Å². The van der Waals surface area contributed by atoms with Crippen LogP contribution in [0.15, 0.2) is 42.5 Å². The van der Waals surface area contributed by atoms with E-state index in [9.17, 15) is 4.79 Å². The van der Waals surface area contributed by atoms with Crippen molar-refractivity contribution in [2.24, 2.45) is 5.92 Å². The average Bonchev–Trinajstić information content (AvgIpc) is 2.69. The number of aryl methyl sites for hydroxylation is 1. The summed E-state index contributed by atoms with van der Waals surface area (Å²) in [5.41, 5.74) is 2.12. The first kappa shape index (κ1) is 21.0. The van der Waals surface area contributed by atoms with E-state index in [-0.39, 0.29) is 11.8 Å². The number of piperidine rings is 1. The van der Waals surface area contributed by atoms with E-state index in [1.54, 1.807) is 0 Å². The van der Waals surface area contributed by atoms with Crippen LogP contribution in [0.3, 0.4) is 0 Å². The van der Waals surface area contributed by atoms with Crippen LogP contribution in [0.1, 0.15) is 24.0 Å². The molecule has 1 saturated heterocycles. The van der Waals surface area contributed by atoms with Gasteiger partial charge in [-0.15, -0.1) is 0 Å².